The quantitative estimate of drug-likeness (QED) is 0.0444. The maximum absolute atomic E-state index is 15.2. The van der Waals surface area contributed by atoms with E-state index in [4.69, 9.17) is 75.5 Å². The first-order valence-corrected chi connectivity index (χ1v) is 46.6. The van der Waals surface area contributed by atoms with Crippen LogP contribution in [-0.2, 0) is 65.4 Å². The molecule has 4 saturated heterocycles. The lowest BCUT2D eigenvalue weighted by Crippen LogP contribution is -2.69. The van der Waals surface area contributed by atoms with E-state index < -0.39 is 117 Å². The summed E-state index contributed by atoms with van der Waals surface area (Å²) in [4.78, 5) is 113. The highest BCUT2D eigenvalue weighted by atomic mass is 32.2. The molecule has 2 unspecified atom stereocenters. The van der Waals surface area contributed by atoms with Crippen molar-refractivity contribution in [2.24, 2.45) is 0 Å². The first kappa shape index (κ1) is 91.0. The lowest BCUT2D eigenvalue weighted by atomic mass is 9.71. The van der Waals surface area contributed by atoms with Crippen molar-refractivity contribution in [2.75, 3.05) is 93.9 Å². The fourth-order valence-corrected chi connectivity index (χ4v) is 26.4. The van der Waals surface area contributed by atoms with Crippen LogP contribution in [0.4, 0.5) is 0 Å². The topological polar surface area (TPSA) is 448 Å². The van der Waals surface area contributed by atoms with E-state index in [1.807, 2.05) is 47.0 Å². The molecule has 0 saturated carbocycles. The molecule has 137 heavy (non-hydrogen) atoms. The van der Waals surface area contributed by atoms with E-state index in [-0.39, 0.29) is 102 Å². The first-order chi connectivity index (χ1) is 65.9. The minimum atomic E-state index is -1.52. The molecular weight excluding hydrogens is 1810 g/mol. The normalized spacial score (nSPS) is 25.4. The molecule has 35 nitrogen and oxygen atoms in total. The van der Waals surface area contributed by atoms with Gasteiger partial charge in [0, 0.05) is 118 Å². The number of piperazine rings is 2. The largest absolute Gasteiger partial charge is 0.504 e. The molecule has 0 amide bonds. The van der Waals surface area contributed by atoms with Crippen LogP contribution >= 0.6 is 23.5 Å². The number of aromatic carboxylic acids is 1. The van der Waals surface area contributed by atoms with E-state index in [0.29, 0.717) is 162 Å². The van der Waals surface area contributed by atoms with Gasteiger partial charge in [-0.25, -0.2) is 28.8 Å². The van der Waals surface area contributed by atoms with Crippen LogP contribution in [0.1, 0.15) is 158 Å². The van der Waals surface area contributed by atoms with Crippen LogP contribution < -0.4 is 74.0 Å². The Morgan fingerprint density at radius 1 is 0.496 bits per heavy atom. The number of methoxy groups -OCH3 is 4. The summed E-state index contributed by atoms with van der Waals surface area (Å²) in [5.74, 6) is -0.759. The zero-order valence-electron chi connectivity index (χ0n) is 76.3. The van der Waals surface area contributed by atoms with Crippen molar-refractivity contribution in [2.45, 2.75) is 149 Å². The number of phenolic OH excluding ortho intramolecular Hbond substituents is 3. The summed E-state index contributed by atoms with van der Waals surface area (Å²) < 4.78 is 88.8. The van der Waals surface area contributed by atoms with Gasteiger partial charge in [-0.3, -0.25) is 39.8 Å². The summed E-state index contributed by atoms with van der Waals surface area (Å²) in [5.41, 5.74) is 6.56. The second-order valence-corrected chi connectivity index (χ2v) is 38.1. The molecule has 6 N–H and O–H groups in total. The number of para-hydroxylation sites is 2. The third-order valence-corrected chi connectivity index (χ3v) is 31.7. The zero-order chi connectivity index (χ0) is 96.3. The van der Waals surface area contributed by atoms with Gasteiger partial charge >= 0.3 is 47.1 Å². The Kier molecular flexibility index (Phi) is 23.1. The number of likely N-dealkylation sites (N-methyl/N-ethyl adjacent to an activating group) is 2. The number of phenols is 3. The fraction of sp³-hybridized carbons (Fsp3) is 0.380. The molecule has 16 heterocycles. The minimum absolute atomic E-state index is 0.00397. The summed E-state index contributed by atoms with van der Waals surface area (Å²) in [6.45, 7) is 10.3. The maximum Gasteiger partial charge on any atom is 0.351 e. The van der Waals surface area contributed by atoms with E-state index in [2.05, 4.69) is 42.4 Å². The molecule has 2 aromatic heterocycles. The summed E-state index contributed by atoms with van der Waals surface area (Å²) >= 11 is 2.90. The van der Waals surface area contributed by atoms with E-state index >= 15 is 4.79 Å². The number of carbonyl (C=O) groups is 6. The highest BCUT2D eigenvalue weighted by Gasteiger charge is 2.65. The van der Waals surface area contributed by atoms with E-state index in [0.717, 1.165) is 27.8 Å². The van der Waals surface area contributed by atoms with Crippen LogP contribution in [0.15, 0.2) is 115 Å². The number of nitrogens with one attached hydrogen (secondary N) is 2. The molecule has 14 aliphatic heterocycles. The average molecular weight is 1900 g/mol. The third-order valence-electron chi connectivity index (χ3n) is 28.8. The first-order valence-electron chi connectivity index (χ1n) is 44.5. The number of hydrogen-bond acceptors (Lipinski definition) is 36. The molecule has 708 valence electrons. The van der Waals surface area contributed by atoms with Gasteiger partial charge in [0.15, 0.2) is 80.1 Å². The molecule has 4 fully saturated rings. The van der Waals surface area contributed by atoms with Crippen molar-refractivity contribution in [3.63, 3.8) is 0 Å². The van der Waals surface area contributed by atoms with Gasteiger partial charge in [0.2, 0.25) is 13.6 Å². The zero-order valence-corrected chi connectivity index (χ0v) is 78.0. The molecule has 0 aliphatic carbocycles. The van der Waals surface area contributed by atoms with Crippen molar-refractivity contribution in [1.29, 1.82) is 10.5 Å². The van der Waals surface area contributed by atoms with Gasteiger partial charge in [-0.1, -0.05) is 48.5 Å². The van der Waals surface area contributed by atoms with Crippen molar-refractivity contribution < 1.29 is 120 Å². The number of nitrogens with zero attached hydrogens (tertiary/aromatic N) is 6. The van der Waals surface area contributed by atoms with Gasteiger partial charge in [-0.05, 0) is 161 Å². The Morgan fingerprint density at radius 3 is 1.36 bits per heavy atom. The Balaban J connectivity index is 0.000000150. The lowest BCUT2D eigenvalue weighted by molar-refractivity contribution is -0.158. The van der Waals surface area contributed by atoms with Crippen LogP contribution in [0.25, 0.3) is 21.9 Å². The summed E-state index contributed by atoms with van der Waals surface area (Å²) in [7, 11) is 9.88. The number of aryl methyl sites for hydroxylation is 2. The van der Waals surface area contributed by atoms with Crippen LogP contribution in [0.2, 0.25) is 0 Å². The molecule has 37 heteroatoms. The monoisotopic (exact) mass is 1900 g/mol. The lowest BCUT2D eigenvalue weighted by Gasteiger charge is -2.62. The number of esters is 5. The highest BCUT2D eigenvalue weighted by molar-refractivity contribution is 7.99. The van der Waals surface area contributed by atoms with Crippen molar-refractivity contribution in [3.05, 3.63) is 218 Å². The van der Waals surface area contributed by atoms with Crippen molar-refractivity contribution >= 4 is 81.3 Å². The number of benzene rings is 8. The number of fused-ring (bicyclic) bond motifs is 20. The SMILES string of the molecule is COc1cc2c(cc1O)CCN[C@]21CS[C@@H]2c3c(OC(C)=O)c(C)c4c(c3[C@H](COC1=O)N1C2[C@H]2c3c(cc(C)c(OC)c3O)C[C@@H]([C@@H]1C#N)N2C)OCO4.COc1cc2c(cc1OC(=O)c1cc3ccccc3oc1=O)CCN[C@]21CS[C@@H]2c3c(OC(C)=O)c(C)c4c(c3[C@H](COC1=O)N1C2[C@H]2c3c(cc(C)c(OC)c3O)C[C@@H]([C@@H]1C#N)N2C)OCO4.O=C(O)c1cc2ccccc2oc1=O. The molecule has 14 atom stereocenters. The molecule has 8 aromatic carbocycles. The molecule has 14 aliphatic rings. The van der Waals surface area contributed by atoms with Crippen LogP contribution in [0.5, 0.6) is 80.5 Å². The van der Waals surface area contributed by atoms with E-state index in [9.17, 15) is 59.4 Å². The fourth-order valence-electron chi connectivity index (χ4n) is 23.0. The van der Waals surface area contributed by atoms with Gasteiger partial charge < -0.3 is 90.8 Å². The Morgan fingerprint density at radius 2 is 0.927 bits per heavy atom. The summed E-state index contributed by atoms with van der Waals surface area (Å²) in [6.07, 6.45) is 1.92. The number of carboxylic acid groups (broad SMARTS) is 1. The molecule has 10 aromatic rings. The standard InChI is InChI=1S/C50H46N4O13S.C40H42N4O10S.C10H6O4/c1-22-13-27-15-30-31(18-51)54-32-19-62-49(59)50(29-17-34(60-5)35(16-25(29)11-12-52-50)67-48(58)28-14-26-9-7-8-10-33(26)66-47(28)57)20-68-46(40(54)39(53(30)4)36(27)41(56)42(22)61-6)38-37(32)45-44(63-21-64-45)23(2)43(38)65-24(3)55;1-17-9-21-10-23-24(13-41)44-25-14-51-39(48)40(22-12-27(49-5)26(46)11-20(22)7-8-42-40)15-55-38(32(44)31(43(23)4)28(21)33(47)34(17)50-6)30-29(25)37-36(52-16-53-37)18(2)35(30)54-19(3)45;11-9(12)7-5-6-3-1-2-4-8(6)14-10(7)13/h7-10,13-14,16-17,30-32,39-40,46,52,56H,11-12,15,19-21H2,1-6H3;9,11-12,23-25,31-32,38,42,46-47H,7-8,10,14-16H2,1-6H3;1-5H,(H,11,12)/t30-,31-,32-,39+,40?,46+,50+;23-,24-,25-,31+,32?,38+,40+;/m00./s1. The number of carboxylic acids is 1. The van der Waals surface area contributed by atoms with E-state index in [1.165, 1.54) is 77.9 Å². The smallest absolute Gasteiger partial charge is 0.351 e. The Labute approximate surface area is 791 Å². The van der Waals surface area contributed by atoms with Crippen molar-refractivity contribution in [1.82, 2.24) is 30.2 Å². The predicted molar refractivity (Wildman–Crippen MR) is 491 cm³/mol. The minimum Gasteiger partial charge on any atom is -0.504 e. The summed E-state index contributed by atoms with van der Waals surface area (Å²) in [6, 6.07) is 26.5. The number of carbonyl (C=O) groups excluding carboxylic acids is 5. The molecule has 2 spiro atoms. The number of rotatable bonds is 9. The van der Waals surface area contributed by atoms with Gasteiger partial charge in [0.05, 0.1) is 75.2 Å². The molecular formula is C100H94N8O27S2. The number of aromatic hydroxyl groups is 3. The van der Waals surface area contributed by atoms with Gasteiger partial charge in [-0.15, -0.1) is 23.5 Å². The second kappa shape index (κ2) is 34.8. The van der Waals surface area contributed by atoms with Gasteiger partial charge in [0.1, 0.15) is 59.1 Å². The number of thioether (sulfide) groups is 2. The maximum atomic E-state index is 15.2. The van der Waals surface area contributed by atoms with Crippen LogP contribution in [-0.4, -0.2) is 206 Å². The molecule has 24 rings (SSSR count). The Hall–Kier alpha value is -13.8. The average Bonchev–Trinajstić information content (AvgIpc) is 1.49. The van der Waals surface area contributed by atoms with Crippen LogP contribution in [0, 0.1) is 50.4 Å². The molecule has 8 bridgehead atoms. The van der Waals surface area contributed by atoms with Crippen LogP contribution in [0.3, 0.4) is 0 Å². The Bertz CT molecular complexity index is 7070. The van der Waals surface area contributed by atoms with Gasteiger partial charge in [0.25, 0.3) is 0 Å². The second-order valence-electron chi connectivity index (χ2n) is 35.8. The van der Waals surface area contributed by atoms with E-state index in [1.54, 1.807) is 79.7 Å². The molecule has 0 radical (unpaired) electrons. The van der Waals surface area contributed by atoms with Crippen molar-refractivity contribution in [3.8, 4) is 92.6 Å². The highest BCUT2D eigenvalue weighted by Crippen LogP contribution is 2.68. The van der Waals surface area contributed by atoms with Gasteiger partial charge in [-0.2, -0.15) is 10.5 Å². The number of ether oxygens (including phenoxy) is 13. The number of nitriles is 2. The summed E-state index contributed by atoms with van der Waals surface area (Å²) in [5, 5.41) is 73.0. The third kappa shape index (κ3) is 14.2. The predicted octanol–water partition coefficient (Wildman–Crippen LogP) is 11.1. The number of hydrogen-bond donors (Lipinski definition) is 6.